The molecule has 0 spiro atoms. The average Bonchev–Trinajstić information content (AvgIpc) is 2.47. The van der Waals surface area contributed by atoms with Crippen LogP contribution in [0.1, 0.15) is 13.3 Å². The quantitative estimate of drug-likeness (QED) is 0.807. The molecule has 1 amide bonds. The van der Waals surface area contributed by atoms with Crippen LogP contribution in [0.3, 0.4) is 0 Å². The standard InChI is InChI=1S/C12H19N5O/c1-2-10(13)11(18)16-6-8-17(9-7-16)12-14-4-3-5-15-12/h3-5,10H,2,6-9,13H2,1H3. The topological polar surface area (TPSA) is 75.4 Å². The Morgan fingerprint density at radius 1 is 1.33 bits per heavy atom. The van der Waals surface area contributed by atoms with Crippen LogP contribution in [-0.4, -0.2) is 53.0 Å². The Balaban J connectivity index is 1.90. The van der Waals surface area contributed by atoms with E-state index in [1.807, 2.05) is 11.8 Å². The lowest BCUT2D eigenvalue weighted by Gasteiger charge is -2.35. The molecule has 2 N–H and O–H groups in total. The third-order valence-electron chi connectivity index (χ3n) is 3.18. The van der Waals surface area contributed by atoms with Gasteiger partial charge in [-0.3, -0.25) is 4.79 Å². The molecule has 98 valence electrons. The molecule has 0 aliphatic carbocycles. The first-order valence-electron chi connectivity index (χ1n) is 6.28. The van der Waals surface area contributed by atoms with Crippen molar-refractivity contribution in [1.29, 1.82) is 0 Å². The van der Waals surface area contributed by atoms with Crippen LogP contribution >= 0.6 is 0 Å². The Hall–Kier alpha value is -1.69. The highest BCUT2D eigenvalue weighted by Crippen LogP contribution is 2.10. The number of hydrogen-bond acceptors (Lipinski definition) is 5. The second-order valence-electron chi connectivity index (χ2n) is 4.38. The highest BCUT2D eigenvalue weighted by Gasteiger charge is 2.25. The molecule has 1 aromatic heterocycles. The maximum absolute atomic E-state index is 11.9. The molecule has 1 saturated heterocycles. The minimum atomic E-state index is -0.371. The average molecular weight is 249 g/mol. The summed E-state index contributed by atoms with van der Waals surface area (Å²) in [6.45, 7) is 4.81. The van der Waals surface area contributed by atoms with Crippen LogP contribution in [0.2, 0.25) is 0 Å². The van der Waals surface area contributed by atoms with Crippen LogP contribution < -0.4 is 10.6 Å². The Labute approximate surface area is 107 Å². The summed E-state index contributed by atoms with van der Waals surface area (Å²) in [7, 11) is 0. The van der Waals surface area contributed by atoms with E-state index in [4.69, 9.17) is 5.73 Å². The fourth-order valence-corrected chi connectivity index (χ4v) is 1.99. The van der Waals surface area contributed by atoms with Crippen molar-refractivity contribution in [3.05, 3.63) is 18.5 Å². The largest absolute Gasteiger partial charge is 0.338 e. The van der Waals surface area contributed by atoms with Crippen LogP contribution in [0.25, 0.3) is 0 Å². The molecule has 1 aliphatic heterocycles. The summed E-state index contributed by atoms with van der Waals surface area (Å²) in [4.78, 5) is 24.3. The molecule has 0 aromatic carbocycles. The molecular formula is C12H19N5O. The molecule has 1 aliphatic rings. The molecule has 1 unspecified atom stereocenters. The predicted octanol–water partition coefficient (Wildman–Crippen LogP) is -0.137. The van der Waals surface area contributed by atoms with Crippen LogP contribution in [0, 0.1) is 0 Å². The van der Waals surface area contributed by atoms with Gasteiger partial charge < -0.3 is 15.5 Å². The van der Waals surface area contributed by atoms with Gasteiger partial charge in [0.15, 0.2) is 0 Å². The fourth-order valence-electron chi connectivity index (χ4n) is 1.99. The van der Waals surface area contributed by atoms with E-state index >= 15 is 0 Å². The maximum atomic E-state index is 11.9. The Morgan fingerprint density at radius 2 is 1.94 bits per heavy atom. The normalized spacial score (nSPS) is 17.7. The number of aromatic nitrogens is 2. The molecule has 1 atom stereocenters. The highest BCUT2D eigenvalue weighted by atomic mass is 16.2. The third-order valence-corrected chi connectivity index (χ3v) is 3.18. The highest BCUT2D eigenvalue weighted by molar-refractivity contribution is 5.81. The van der Waals surface area contributed by atoms with Crippen molar-refractivity contribution in [3.8, 4) is 0 Å². The van der Waals surface area contributed by atoms with Gasteiger partial charge in [0, 0.05) is 38.6 Å². The minimum Gasteiger partial charge on any atom is -0.338 e. The molecular weight excluding hydrogens is 230 g/mol. The first kappa shape index (κ1) is 12.8. The number of rotatable bonds is 3. The molecule has 6 heteroatoms. The van der Waals surface area contributed by atoms with E-state index < -0.39 is 0 Å². The van der Waals surface area contributed by atoms with Crippen molar-refractivity contribution < 1.29 is 4.79 Å². The van der Waals surface area contributed by atoms with Crippen molar-refractivity contribution in [3.63, 3.8) is 0 Å². The fraction of sp³-hybridized carbons (Fsp3) is 0.583. The Morgan fingerprint density at radius 3 is 2.50 bits per heavy atom. The van der Waals surface area contributed by atoms with E-state index in [9.17, 15) is 4.79 Å². The second kappa shape index (κ2) is 5.77. The first-order chi connectivity index (χ1) is 8.72. The van der Waals surface area contributed by atoms with Gasteiger partial charge in [0.05, 0.1) is 6.04 Å². The van der Waals surface area contributed by atoms with Crippen LogP contribution in [-0.2, 0) is 4.79 Å². The van der Waals surface area contributed by atoms with E-state index in [1.165, 1.54) is 0 Å². The number of nitrogens with two attached hydrogens (primary N) is 1. The smallest absolute Gasteiger partial charge is 0.239 e. The second-order valence-corrected chi connectivity index (χ2v) is 4.38. The van der Waals surface area contributed by atoms with Crippen molar-refractivity contribution in [2.45, 2.75) is 19.4 Å². The number of nitrogens with zero attached hydrogens (tertiary/aromatic N) is 4. The molecule has 1 fully saturated rings. The molecule has 0 bridgehead atoms. The zero-order valence-electron chi connectivity index (χ0n) is 10.6. The third kappa shape index (κ3) is 2.76. The van der Waals surface area contributed by atoms with Crippen molar-refractivity contribution in [2.24, 2.45) is 5.73 Å². The summed E-state index contributed by atoms with van der Waals surface area (Å²) in [5.74, 6) is 0.774. The molecule has 2 rings (SSSR count). The van der Waals surface area contributed by atoms with Gasteiger partial charge in [-0.05, 0) is 12.5 Å². The molecule has 18 heavy (non-hydrogen) atoms. The number of amides is 1. The lowest BCUT2D eigenvalue weighted by Crippen LogP contribution is -2.53. The number of carbonyl (C=O) groups is 1. The van der Waals surface area contributed by atoms with E-state index in [-0.39, 0.29) is 11.9 Å². The van der Waals surface area contributed by atoms with Crippen LogP contribution in [0.5, 0.6) is 0 Å². The lowest BCUT2D eigenvalue weighted by molar-refractivity contribution is -0.132. The lowest BCUT2D eigenvalue weighted by atomic mass is 10.2. The summed E-state index contributed by atoms with van der Waals surface area (Å²) in [5.41, 5.74) is 5.76. The van der Waals surface area contributed by atoms with Gasteiger partial charge in [-0.15, -0.1) is 0 Å². The van der Waals surface area contributed by atoms with E-state index in [2.05, 4.69) is 14.9 Å². The molecule has 0 saturated carbocycles. The minimum absolute atomic E-state index is 0.0473. The zero-order chi connectivity index (χ0) is 13.0. The number of anilines is 1. The van der Waals surface area contributed by atoms with Crippen LogP contribution in [0.15, 0.2) is 18.5 Å². The van der Waals surface area contributed by atoms with Gasteiger partial charge in [-0.1, -0.05) is 6.92 Å². The molecule has 0 radical (unpaired) electrons. The van der Waals surface area contributed by atoms with Gasteiger partial charge in [-0.25, -0.2) is 9.97 Å². The monoisotopic (exact) mass is 249 g/mol. The van der Waals surface area contributed by atoms with Gasteiger partial charge in [0.2, 0.25) is 11.9 Å². The first-order valence-corrected chi connectivity index (χ1v) is 6.28. The van der Waals surface area contributed by atoms with E-state index in [1.54, 1.807) is 18.5 Å². The van der Waals surface area contributed by atoms with Gasteiger partial charge in [-0.2, -0.15) is 0 Å². The number of hydrogen-bond donors (Lipinski definition) is 1. The van der Waals surface area contributed by atoms with Crippen molar-refractivity contribution in [2.75, 3.05) is 31.1 Å². The maximum Gasteiger partial charge on any atom is 0.239 e. The Bertz CT molecular complexity index is 389. The van der Waals surface area contributed by atoms with Gasteiger partial charge >= 0.3 is 0 Å². The Kier molecular flexibility index (Phi) is 4.09. The summed E-state index contributed by atoms with van der Waals surface area (Å²) in [6, 6.07) is 1.42. The molecule has 6 nitrogen and oxygen atoms in total. The zero-order valence-corrected chi connectivity index (χ0v) is 10.6. The molecule has 2 heterocycles. The predicted molar refractivity (Wildman–Crippen MR) is 69.1 cm³/mol. The summed E-state index contributed by atoms with van der Waals surface area (Å²) in [6.07, 6.45) is 4.14. The SMILES string of the molecule is CCC(N)C(=O)N1CCN(c2ncccn2)CC1. The molecule has 1 aromatic rings. The van der Waals surface area contributed by atoms with Crippen molar-refractivity contribution >= 4 is 11.9 Å². The van der Waals surface area contributed by atoms with E-state index in [0.29, 0.717) is 19.5 Å². The van der Waals surface area contributed by atoms with Gasteiger partial charge in [0.1, 0.15) is 0 Å². The summed E-state index contributed by atoms with van der Waals surface area (Å²) >= 11 is 0. The summed E-state index contributed by atoms with van der Waals surface area (Å²) in [5, 5.41) is 0. The summed E-state index contributed by atoms with van der Waals surface area (Å²) < 4.78 is 0. The number of piperazine rings is 1. The van der Waals surface area contributed by atoms with Crippen molar-refractivity contribution in [1.82, 2.24) is 14.9 Å². The van der Waals surface area contributed by atoms with Crippen LogP contribution in [0.4, 0.5) is 5.95 Å². The number of carbonyl (C=O) groups excluding carboxylic acids is 1. The van der Waals surface area contributed by atoms with E-state index in [0.717, 1.165) is 19.0 Å². The van der Waals surface area contributed by atoms with Gasteiger partial charge in [0.25, 0.3) is 0 Å².